The monoisotopic (exact) mass is 245 g/mol. The molecule has 1 N–H and O–H groups in total. The van der Waals surface area contributed by atoms with Gasteiger partial charge in [0.25, 0.3) is 0 Å². The molecule has 100 valence electrons. The number of nitrogens with one attached hydrogen (secondary N) is 1. The fraction of sp³-hybridized carbons (Fsp3) is 0.647. The predicted molar refractivity (Wildman–Crippen MR) is 78.8 cm³/mol. The summed E-state index contributed by atoms with van der Waals surface area (Å²) in [5.74, 6) is 3.10. The van der Waals surface area contributed by atoms with E-state index in [2.05, 4.69) is 63.3 Å². The summed E-state index contributed by atoms with van der Waals surface area (Å²) in [6, 6.07) is 11.8. The Balaban J connectivity index is 2.22. The molecule has 1 aromatic rings. The van der Waals surface area contributed by atoms with Gasteiger partial charge in [0.2, 0.25) is 0 Å². The lowest BCUT2D eigenvalue weighted by Crippen LogP contribution is -2.58. The van der Waals surface area contributed by atoms with Gasteiger partial charge >= 0.3 is 0 Å². The molecular weight excluding hydrogens is 218 g/mol. The molecule has 0 spiro atoms. The van der Waals surface area contributed by atoms with Gasteiger partial charge in [0.15, 0.2) is 0 Å². The van der Waals surface area contributed by atoms with E-state index in [1.165, 1.54) is 12.0 Å². The van der Waals surface area contributed by atoms with Crippen LogP contribution < -0.4 is 5.32 Å². The third-order valence-electron chi connectivity index (χ3n) is 4.62. The summed E-state index contributed by atoms with van der Waals surface area (Å²) >= 11 is 0. The predicted octanol–water partition coefficient (Wildman–Crippen LogP) is 4.06. The van der Waals surface area contributed by atoms with Crippen LogP contribution in [-0.2, 0) is 0 Å². The fourth-order valence-corrected chi connectivity index (χ4v) is 3.88. The lowest BCUT2D eigenvalue weighted by atomic mass is 9.54. The van der Waals surface area contributed by atoms with Crippen molar-refractivity contribution in [2.45, 2.75) is 46.1 Å². The second-order valence-corrected chi connectivity index (χ2v) is 5.91. The van der Waals surface area contributed by atoms with Gasteiger partial charge in [0.1, 0.15) is 0 Å². The highest BCUT2D eigenvalue weighted by molar-refractivity contribution is 5.27. The third kappa shape index (κ3) is 2.33. The van der Waals surface area contributed by atoms with Crippen molar-refractivity contribution < 1.29 is 0 Å². The van der Waals surface area contributed by atoms with Crippen LogP contribution in [0.4, 0.5) is 0 Å². The Morgan fingerprint density at radius 1 is 1.11 bits per heavy atom. The minimum Gasteiger partial charge on any atom is -0.314 e. The number of benzene rings is 1. The van der Waals surface area contributed by atoms with Crippen molar-refractivity contribution in [1.29, 1.82) is 0 Å². The summed E-state index contributed by atoms with van der Waals surface area (Å²) in [6.45, 7) is 10.4. The summed E-state index contributed by atoms with van der Waals surface area (Å²) in [7, 11) is 0. The molecule has 1 aliphatic rings. The summed E-state index contributed by atoms with van der Waals surface area (Å²) in [5.41, 5.74) is 1.54. The first-order chi connectivity index (χ1) is 8.70. The second kappa shape index (κ2) is 5.88. The van der Waals surface area contributed by atoms with E-state index in [0.29, 0.717) is 6.04 Å². The van der Waals surface area contributed by atoms with Crippen LogP contribution in [0.25, 0.3) is 0 Å². The molecule has 1 heteroatoms. The van der Waals surface area contributed by atoms with Crippen molar-refractivity contribution in [3.8, 4) is 0 Å². The Kier molecular flexibility index (Phi) is 4.45. The molecule has 1 aromatic carbocycles. The minimum absolute atomic E-state index is 0.713. The van der Waals surface area contributed by atoms with Crippen molar-refractivity contribution in [3.05, 3.63) is 35.9 Å². The Hall–Kier alpha value is -0.820. The van der Waals surface area contributed by atoms with E-state index in [0.717, 1.165) is 30.2 Å². The van der Waals surface area contributed by atoms with Crippen LogP contribution in [0.1, 0.15) is 45.6 Å². The number of rotatable bonds is 5. The van der Waals surface area contributed by atoms with E-state index in [-0.39, 0.29) is 0 Å². The molecule has 0 saturated heterocycles. The normalized spacial score (nSPS) is 31.4. The van der Waals surface area contributed by atoms with Gasteiger partial charge in [0, 0.05) is 6.04 Å². The molecule has 4 unspecified atom stereocenters. The lowest BCUT2D eigenvalue weighted by Gasteiger charge is -2.55. The van der Waals surface area contributed by atoms with Crippen LogP contribution in [-0.4, -0.2) is 12.6 Å². The first kappa shape index (κ1) is 13.6. The fourth-order valence-electron chi connectivity index (χ4n) is 3.88. The van der Waals surface area contributed by atoms with E-state index >= 15 is 0 Å². The highest BCUT2D eigenvalue weighted by atomic mass is 15.0. The van der Waals surface area contributed by atoms with Gasteiger partial charge in [-0.2, -0.15) is 0 Å². The van der Waals surface area contributed by atoms with Crippen molar-refractivity contribution >= 4 is 0 Å². The van der Waals surface area contributed by atoms with E-state index in [1.54, 1.807) is 0 Å². The van der Waals surface area contributed by atoms with Crippen LogP contribution in [0.5, 0.6) is 0 Å². The summed E-state index contributed by atoms with van der Waals surface area (Å²) < 4.78 is 0. The standard InChI is InChI=1S/C17H27N/c1-5-14-16(13-10-8-7-9-11-13)15(12(3)4)17(14)18-6-2/h7-12,14-18H,5-6H2,1-4H3. The number of hydrogen-bond acceptors (Lipinski definition) is 1. The Morgan fingerprint density at radius 2 is 1.78 bits per heavy atom. The summed E-state index contributed by atoms with van der Waals surface area (Å²) in [4.78, 5) is 0. The molecule has 4 atom stereocenters. The van der Waals surface area contributed by atoms with Crippen molar-refractivity contribution in [1.82, 2.24) is 5.32 Å². The molecule has 0 radical (unpaired) electrons. The molecule has 0 bridgehead atoms. The van der Waals surface area contributed by atoms with Gasteiger partial charge in [-0.15, -0.1) is 0 Å². The van der Waals surface area contributed by atoms with E-state index < -0.39 is 0 Å². The van der Waals surface area contributed by atoms with Crippen molar-refractivity contribution in [2.75, 3.05) is 6.54 Å². The first-order valence-electron chi connectivity index (χ1n) is 7.49. The van der Waals surface area contributed by atoms with Gasteiger partial charge in [-0.05, 0) is 35.8 Å². The summed E-state index contributed by atoms with van der Waals surface area (Å²) in [6.07, 6.45) is 1.28. The zero-order valence-corrected chi connectivity index (χ0v) is 12.2. The minimum atomic E-state index is 0.713. The quantitative estimate of drug-likeness (QED) is 0.825. The van der Waals surface area contributed by atoms with E-state index in [4.69, 9.17) is 0 Å². The molecule has 0 amide bonds. The molecule has 1 fully saturated rings. The second-order valence-electron chi connectivity index (χ2n) is 5.91. The average molecular weight is 245 g/mol. The topological polar surface area (TPSA) is 12.0 Å². The number of hydrogen-bond donors (Lipinski definition) is 1. The largest absolute Gasteiger partial charge is 0.314 e. The van der Waals surface area contributed by atoms with Gasteiger partial charge in [-0.25, -0.2) is 0 Å². The van der Waals surface area contributed by atoms with Crippen LogP contribution in [0.3, 0.4) is 0 Å². The van der Waals surface area contributed by atoms with Crippen LogP contribution in [0, 0.1) is 17.8 Å². The Labute approximate surface area is 112 Å². The van der Waals surface area contributed by atoms with Gasteiger partial charge in [0.05, 0.1) is 0 Å². The molecule has 0 aliphatic heterocycles. The van der Waals surface area contributed by atoms with Crippen LogP contribution in [0.2, 0.25) is 0 Å². The molecule has 1 aliphatic carbocycles. The molecule has 0 aromatic heterocycles. The molecule has 18 heavy (non-hydrogen) atoms. The lowest BCUT2D eigenvalue weighted by molar-refractivity contribution is 0.0318. The van der Waals surface area contributed by atoms with Gasteiger partial charge in [-0.3, -0.25) is 0 Å². The molecule has 1 nitrogen and oxygen atoms in total. The Bertz CT molecular complexity index is 357. The zero-order chi connectivity index (χ0) is 13.1. The van der Waals surface area contributed by atoms with E-state index in [1.807, 2.05) is 0 Å². The SMILES string of the molecule is CCNC1C(CC)C(c2ccccc2)C1C(C)C. The first-order valence-corrected chi connectivity index (χ1v) is 7.49. The smallest absolute Gasteiger partial charge is 0.0138 e. The maximum Gasteiger partial charge on any atom is 0.0138 e. The van der Waals surface area contributed by atoms with Gasteiger partial charge in [-0.1, -0.05) is 64.4 Å². The molecule has 2 rings (SSSR count). The van der Waals surface area contributed by atoms with Crippen LogP contribution in [0.15, 0.2) is 30.3 Å². The van der Waals surface area contributed by atoms with Crippen molar-refractivity contribution in [2.24, 2.45) is 17.8 Å². The van der Waals surface area contributed by atoms with Crippen LogP contribution >= 0.6 is 0 Å². The maximum absolute atomic E-state index is 3.71. The van der Waals surface area contributed by atoms with Gasteiger partial charge < -0.3 is 5.32 Å². The third-order valence-corrected chi connectivity index (χ3v) is 4.62. The Morgan fingerprint density at radius 3 is 2.28 bits per heavy atom. The van der Waals surface area contributed by atoms with Crippen molar-refractivity contribution in [3.63, 3.8) is 0 Å². The highest BCUT2D eigenvalue weighted by Gasteiger charge is 2.50. The molecule has 0 heterocycles. The molecular formula is C17H27N. The highest BCUT2D eigenvalue weighted by Crippen LogP contribution is 2.52. The van der Waals surface area contributed by atoms with E-state index in [9.17, 15) is 0 Å². The maximum atomic E-state index is 3.71. The average Bonchev–Trinajstić information content (AvgIpc) is 2.35. The molecule has 1 saturated carbocycles. The summed E-state index contributed by atoms with van der Waals surface area (Å²) in [5, 5.41) is 3.71. The zero-order valence-electron chi connectivity index (χ0n) is 12.2.